The molecule has 0 aliphatic carbocycles. The van der Waals surface area contributed by atoms with E-state index in [4.69, 9.17) is 4.74 Å². The van der Waals surface area contributed by atoms with Crippen molar-refractivity contribution in [2.45, 2.75) is 45.3 Å². The van der Waals surface area contributed by atoms with Gasteiger partial charge in [-0.1, -0.05) is 0 Å². The van der Waals surface area contributed by atoms with Gasteiger partial charge in [0.15, 0.2) is 0 Å². The Labute approximate surface area is 102 Å². The highest BCUT2D eigenvalue weighted by Gasteiger charge is 2.25. The number of carbonyl (C=O) groups is 1. The van der Waals surface area contributed by atoms with Crippen LogP contribution in [0, 0.1) is 0 Å². The van der Waals surface area contributed by atoms with Gasteiger partial charge in [0.1, 0.15) is 5.60 Å². The molecule has 0 aromatic rings. The van der Waals surface area contributed by atoms with Gasteiger partial charge in [-0.3, -0.25) is 4.39 Å². The zero-order chi connectivity index (χ0) is 12.9. The summed E-state index contributed by atoms with van der Waals surface area (Å²) in [6.07, 6.45) is 1.11. The normalized spacial score (nSPS) is 21.5. The minimum atomic E-state index is -0.462. The highest BCUT2D eigenvalue weighted by atomic mass is 19.1. The molecule has 0 radical (unpaired) electrons. The number of nitrogens with one attached hydrogen (secondary N) is 1. The molecule has 17 heavy (non-hydrogen) atoms. The van der Waals surface area contributed by atoms with Crippen LogP contribution in [0.3, 0.4) is 0 Å². The molecular formula is C12H23FN2O2. The topological polar surface area (TPSA) is 41.6 Å². The molecule has 1 unspecified atom stereocenters. The number of rotatable bonds is 4. The van der Waals surface area contributed by atoms with Crippen molar-refractivity contribution < 1.29 is 13.9 Å². The zero-order valence-electron chi connectivity index (χ0n) is 11.0. The third kappa shape index (κ3) is 5.86. The molecule has 0 saturated carbocycles. The smallest absolute Gasteiger partial charge is 0.407 e. The molecule has 1 aliphatic heterocycles. The standard InChI is InChI=1S/C12H23FN2O2/c1-12(2,3)17-11(16)14-10-5-8-15(9-10)7-4-6-13/h10H,4-9H2,1-3H3,(H,14,16). The fourth-order valence-corrected chi connectivity index (χ4v) is 1.91. The SMILES string of the molecule is CC(C)(C)OC(=O)NC1CCN(CCCF)C1. The van der Waals surface area contributed by atoms with Crippen LogP contribution in [0.5, 0.6) is 0 Å². The summed E-state index contributed by atoms with van der Waals surface area (Å²) < 4.78 is 17.2. The Kier molecular flexibility index (Phi) is 5.18. The Bertz CT molecular complexity index is 253. The maximum atomic E-state index is 12.0. The van der Waals surface area contributed by atoms with Gasteiger partial charge < -0.3 is 15.0 Å². The molecule has 100 valence electrons. The summed E-state index contributed by atoms with van der Waals surface area (Å²) in [5, 5.41) is 2.85. The molecule has 0 aromatic heterocycles. The largest absolute Gasteiger partial charge is 0.444 e. The van der Waals surface area contributed by atoms with Crippen molar-refractivity contribution in [2.24, 2.45) is 0 Å². The molecule has 1 saturated heterocycles. The first-order chi connectivity index (χ1) is 7.90. The Morgan fingerprint density at radius 2 is 2.24 bits per heavy atom. The molecule has 1 amide bonds. The van der Waals surface area contributed by atoms with E-state index in [2.05, 4.69) is 10.2 Å². The molecule has 5 heteroatoms. The van der Waals surface area contributed by atoms with Gasteiger partial charge >= 0.3 is 6.09 Å². The van der Waals surface area contributed by atoms with Crippen molar-refractivity contribution >= 4 is 6.09 Å². The molecule has 0 bridgehead atoms. The van der Waals surface area contributed by atoms with E-state index in [0.29, 0.717) is 6.42 Å². The molecule has 0 spiro atoms. The maximum absolute atomic E-state index is 12.0. The first-order valence-electron chi connectivity index (χ1n) is 6.18. The summed E-state index contributed by atoms with van der Waals surface area (Å²) in [5.41, 5.74) is -0.462. The number of alkyl halides is 1. The van der Waals surface area contributed by atoms with Crippen molar-refractivity contribution in [1.82, 2.24) is 10.2 Å². The van der Waals surface area contributed by atoms with E-state index in [-0.39, 0.29) is 18.8 Å². The van der Waals surface area contributed by atoms with E-state index in [1.807, 2.05) is 20.8 Å². The Morgan fingerprint density at radius 3 is 2.82 bits per heavy atom. The van der Waals surface area contributed by atoms with E-state index in [0.717, 1.165) is 26.1 Å². The quantitative estimate of drug-likeness (QED) is 0.824. The maximum Gasteiger partial charge on any atom is 0.407 e. The van der Waals surface area contributed by atoms with E-state index < -0.39 is 5.60 Å². The second kappa shape index (κ2) is 6.19. The highest BCUT2D eigenvalue weighted by Crippen LogP contribution is 2.11. The number of alkyl carbamates (subject to hydrolysis) is 1. The number of carbonyl (C=O) groups excluding carboxylic acids is 1. The van der Waals surface area contributed by atoms with Crippen LogP contribution in [0.15, 0.2) is 0 Å². The number of amides is 1. The summed E-state index contributed by atoms with van der Waals surface area (Å²) in [6, 6.07) is 0.129. The summed E-state index contributed by atoms with van der Waals surface area (Å²) in [7, 11) is 0. The number of hydrogen-bond acceptors (Lipinski definition) is 3. The monoisotopic (exact) mass is 246 g/mol. The van der Waals surface area contributed by atoms with E-state index in [9.17, 15) is 9.18 Å². The van der Waals surface area contributed by atoms with E-state index in [1.54, 1.807) is 0 Å². The minimum absolute atomic E-state index is 0.129. The first-order valence-corrected chi connectivity index (χ1v) is 6.18. The molecule has 1 atom stereocenters. The lowest BCUT2D eigenvalue weighted by molar-refractivity contribution is 0.0506. The van der Waals surface area contributed by atoms with E-state index in [1.165, 1.54) is 0 Å². The first kappa shape index (κ1) is 14.2. The molecule has 1 N–H and O–H groups in total. The Balaban J connectivity index is 2.23. The van der Waals surface area contributed by atoms with Crippen molar-refractivity contribution in [3.8, 4) is 0 Å². The third-order valence-electron chi connectivity index (χ3n) is 2.60. The van der Waals surface area contributed by atoms with Gasteiger partial charge in [-0.2, -0.15) is 0 Å². The average molecular weight is 246 g/mol. The molecule has 1 fully saturated rings. The molecule has 0 aromatic carbocycles. The van der Waals surface area contributed by atoms with Gasteiger partial charge in [0.25, 0.3) is 0 Å². The fraction of sp³-hybridized carbons (Fsp3) is 0.917. The van der Waals surface area contributed by atoms with Crippen molar-refractivity contribution in [3.63, 3.8) is 0 Å². The molecular weight excluding hydrogens is 223 g/mol. The predicted octanol–water partition coefficient (Wildman–Crippen LogP) is 1.95. The van der Waals surface area contributed by atoms with Crippen molar-refractivity contribution in [1.29, 1.82) is 0 Å². The van der Waals surface area contributed by atoms with Crippen LogP contribution in [0.2, 0.25) is 0 Å². The average Bonchev–Trinajstić information content (AvgIpc) is 2.59. The number of nitrogens with zero attached hydrogens (tertiary/aromatic N) is 1. The van der Waals surface area contributed by atoms with Crippen LogP contribution in [0.4, 0.5) is 9.18 Å². The van der Waals surface area contributed by atoms with Gasteiger partial charge in [-0.15, -0.1) is 0 Å². The fourth-order valence-electron chi connectivity index (χ4n) is 1.91. The number of likely N-dealkylation sites (tertiary alicyclic amines) is 1. The van der Waals surface area contributed by atoms with Gasteiger partial charge in [0.2, 0.25) is 0 Å². The third-order valence-corrected chi connectivity index (χ3v) is 2.60. The van der Waals surface area contributed by atoms with Crippen molar-refractivity contribution in [3.05, 3.63) is 0 Å². The summed E-state index contributed by atoms with van der Waals surface area (Å²) in [6.45, 7) is 7.72. The predicted molar refractivity (Wildman–Crippen MR) is 64.8 cm³/mol. The van der Waals surface area contributed by atoms with Crippen LogP contribution in [0.25, 0.3) is 0 Å². The summed E-state index contributed by atoms with van der Waals surface area (Å²) in [5.74, 6) is 0. The molecule has 1 heterocycles. The zero-order valence-corrected chi connectivity index (χ0v) is 11.0. The summed E-state index contributed by atoms with van der Waals surface area (Å²) in [4.78, 5) is 13.7. The second-order valence-electron chi connectivity index (χ2n) is 5.47. The number of hydrogen-bond donors (Lipinski definition) is 1. The molecule has 1 aliphatic rings. The van der Waals surface area contributed by atoms with E-state index >= 15 is 0 Å². The van der Waals surface area contributed by atoms with Crippen LogP contribution < -0.4 is 5.32 Å². The van der Waals surface area contributed by atoms with Crippen molar-refractivity contribution in [2.75, 3.05) is 26.3 Å². The minimum Gasteiger partial charge on any atom is -0.444 e. The van der Waals surface area contributed by atoms with Crippen LogP contribution >= 0.6 is 0 Å². The van der Waals surface area contributed by atoms with Crippen LogP contribution in [-0.2, 0) is 4.74 Å². The lowest BCUT2D eigenvalue weighted by Gasteiger charge is -2.22. The van der Waals surface area contributed by atoms with Gasteiger partial charge in [0, 0.05) is 25.7 Å². The van der Waals surface area contributed by atoms with Gasteiger partial charge in [-0.05, 0) is 33.6 Å². The number of ether oxygens (including phenoxy) is 1. The second-order valence-corrected chi connectivity index (χ2v) is 5.47. The Hall–Kier alpha value is -0.840. The Morgan fingerprint density at radius 1 is 1.53 bits per heavy atom. The van der Waals surface area contributed by atoms with Gasteiger partial charge in [0.05, 0.1) is 6.67 Å². The molecule has 1 rings (SSSR count). The number of halogens is 1. The van der Waals surface area contributed by atoms with Crippen LogP contribution in [0.1, 0.15) is 33.6 Å². The van der Waals surface area contributed by atoms with Crippen LogP contribution in [-0.4, -0.2) is 48.9 Å². The highest BCUT2D eigenvalue weighted by molar-refractivity contribution is 5.68. The lowest BCUT2D eigenvalue weighted by Crippen LogP contribution is -2.40. The van der Waals surface area contributed by atoms with Gasteiger partial charge in [-0.25, -0.2) is 4.79 Å². The lowest BCUT2D eigenvalue weighted by atomic mass is 10.2. The molecule has 4 nitrogen and oxygen atoms in total. The summed E-state index contributed by atoms with van der Waals surface area (Å²) >= 11 is 0.